The van der Waals surface area contributed by atoms with Gasteiger partial charge in [-0.15, -0.1) is 0 Å². The predicted octanol–water partition coefficient (Wildman–Crippen LogP) is -1.43. The number of rotatable bonds is 1. The van der Waals surface area contributed by atoms with Crippen molar-refractivity contribution < 1.29 is 49.8 Å². The summed E-state index contributed by atoms with van der Waals surface area (Å²) in [6, 6.07) is 0. The van der Waals surface area contributed by atoms with Crippen LogP contribution in [0.25, 0.3) is 0 Å². The Labute approximate surface area is 172 Å². The number of carbonyl (C=O) groups is 4. The Hall–Kier alpha value is -0.200. The number of aliphatic hydroxyl groups excluding tert-OH is 2. The van der Waals surface area contributed by atoms with Crippen LogP contribution in [0.1, 0.15) is 27.7 Å². The molecule has 0 aliphatic carbocycles. The van der Waals surface area contributed by atoms with E-state index in [0.29, 0.717) is 0 Å². The molecule has 12 heteroatoms. The Morgan fingerprint density at radius 2 is 0.591 bits per heavy atom. The van der Waals surface area contributed by atoms with Gasteiger partial charge in [-0.3, -0.25) is 19.2 Å². The first-order valence-corrected chi connectivity index (χ1v) is 4.84. The van der Waals surface area contributed by atoms with Gasteiger partial charge in [0.25, 0.3) is 23.9 Å². The van der Waals surface area contributed by atoms with E-state index in [-0.39, 0.29) is 72.3 Å². The molecule has 0 aromatic carbocycles. The summed E-state index contributed by atoms with van der Waals surface area (Å²) < 4.78 is 0. The molecule has 6 N–H and O–H groups in total. The molecule has 0 amide bonds. The van der Waals surface area contributed by atoms with Gasteiger partial charge in [0.2, 0.25) is 0 Å². The average Bonchev–Trinajstić information content (AvgIpc) is 2.13. The first-order valence-electron chi connectivity index (χ1n) is 4.84. The fourth-order valence-electron chi connectivity index (χ4n) is 0. The van der Waals surface area contributed by atoms with Gasteiger partial charge in [-0.05, 0) is 0 Å². The van der Waals surface area contributed by atoms with Gasteiger partial charge in [0, 0.05) is 86.8 Å². The zero-order chi connectivity index (χ0) is 17.7. The molecule has 0 aliphatic heterocycles. The van der Waals surface area contributed by atoms with Gasteiger partial charge >= 0.3 is 0 Å². The summed E-state index contributed by atoms with van der Waals surface area (Å²) in [6.07, 6.45) is 0. The summed E-state index contributed by atoms with van der Waals surface area (Å²) >= 11 is 0. The Morgan fingerprint density at radius 3 is 0.591 bits per heavy atom. The first-order chi connectivity index (χ1) is 8.84. The van der Waals surface area contributed by atoms with Crippen molar-refractivity contribution >= 4 is 83.0 Å². The van der Waals surface area contributed by atoms with Gasteiger partial charge in [-0.25, -0.2) is 0 Å². The van der Waals surface area contributed by atoms with E-state index in [1.165, 1.54) is 0 Å². The van der Waals surface area contributed by atoms with Gasteiger partial charge in [-0.2, -0.15) is 0 Å². The third kappa shape index (κ3) is 10900. The minimum Gasteiger partial charge on any atom is -0.481 e. The van der Waals surface area contributed by atoms with Gasteiger partial charge in [0.05, 0.1) is 13.2 Å². The van der Waals surface area contributed by atoms with E-state index in [2.05, 4.69) is 0 Å². The summed E-state index contributed by atoms with van der Waals surface area (Å²) in [5, 5.41) is 44.9. The van der Waals surface area contributed by atoms with E-state index < -0.39 is 23.9 Å². The minimum absolute atomic E-state index is 0. The molecule has 0 saturated heterocycles. The quantitative estimate of drug-likeness (QED) is 0.306. The fourth-order valence-corrected chi connectivity index (χ4v) is 0. The fraction of sp³-hybridized carbons (Fsp3) is 0.600. The number of aliphatic hydroxyl groups is 2. The van der Waals surface area contributed by atoms with Crippen LogP contribution in [0.2, 0.25) is 0 Å². The molecule has 0 fully saturated rings. The molecule has 2 radical (unpaired) electrons. The van der Waals surface area contributed by atoms with Gasteiger partial charge in [0.15, 0.2) is 0 Å². The van der Waals surface area contributed by atoms with Crippen LogP contribution in [0.4, 0.5) is 0 Å². The number of aliphatic carboxylic acids is 4. The van der Waals surface area contributed by atoms with Crippen LogP contribution in [-0.2, 0) is 19.2 Å². The first kappa shape index (κ1) is 43.1. The van der Waals surface area contributed by atoms with Crippen LogP contribution in [0.5, 0.6) is 0 Å². The monoisotopic (exact) mass is 348 g/mol. The van der Waals surface area contributed by atoms with E-state index in [4.69, 9.17) is 49.8 Å². The predicted molar refractivity (Wildman–Crippen MR) is 78.9 cm³/mol. The van der Waals surface area contributed by atoms with Crippen LogP contribution < -0.4 is 0 Å². The minimum atomic E-state index is -0.833. The summed E-state index contributed by atoms with van der Waals surface area (Å²) in [5.41, 5.74) is 0. The zero-order valence-electron chi connectivity index (χ0n) is 13.7. The van der Waals surface area contributed by atoms with E-state index in [1.807, 2.05) is 0 Å². The summed E-state index contributed by atoms with van der Waals surface area (Å²) in [6.45, 7) is 4.08. The number of carboxylic acid groups (broad SMARTS) is 4. The van der Waals surface area contributed by atoms with Crippen molar-refractivity contribution in [2.45, 2.75) is 27.7 Å². The molecule has 124 valence electrons. The number of hydrogen-bond donors (Lipinski definition) is 6. The smallest absolute Gasteiger partial charge is 0.300 e. The topological polar surface area (TPSA) is 190 Å². The molecule has 0 unspecified atom stereocenters. The van der Waals surface area contributed by atoms with Crippen LogP contribution in [-0.4, -0.2) is 127 Å². The van der Waals surface area contributed by atoms with Gasteiger partial charge in [-0.1, -0.05) is 0 Å². The van der Waals surface area contributed by atoms with Crippen LogP contribution in [0.3, 0.4) is 0 Å². The maximum atomic E-state index is 9.00. The molecule has 0 spiro atoms. The molecule has 0 aromatic rings. The molecule has 0 bridgehead atoms. The maximum Gasteiger partial charge on any atom is 0.300 e. The van der Waals surface area contributed by atoms with E-state index in [1.54, 1.807) is 0 Å². The van der Waals surface area contributed by atoms with Gasteiger partial charge < -0.3 is 30.6 Å². The Balaban J connectivity index is -0.0000000250. The Morgan fingerprint density at radius 1 is 0.545 bits per heavy atom. The SMILES string of the molecule is CC(=O)O.CC(=O)O.CC(=O)O.CC(=O)O.OCCO.[Na].[Na]. The third-order valence-electron chi connectivity index (χ3n) is 0.1000. The maximum absolute atomic E-state index is 9.00. The number of hydrogen-bond acceptors (Lipinski definition) is 6. The Bertz CT molecular complexity index is 192. The second-order valence-electron chi connectivity index (χ2n) is 2.52. The molecule has 0 heterocycles. The van der Waals surface area contributed by atoms with Crippen molar-refractivity contribution in [2.75, 3.05) is 13.2 Å². The molecule has 0 aliphatic rings. The van der Waals surface area contributed by atoms with Gasteiger partial charge in [0.1, 0.15) is 0 Å². The van der Waals surface area contributed by atoms with E-state index in [0.717, 1.165) is 27.7 Å². The van der Waals surface area contributed by atoms with Crippen LogP contribution in [0, 0.1) is 0 Å². The van der Waals surface area contributed by atoms with E-state index >= 15 is 0 Å². The van der Waals surface area contributed by atoms with E-state index in [9.17, 15) is 0 Å². The molecule has 0 aromatic heterocycles. The summed E-state index contributed by atoms with van der Waals surface area (Å²) in [7, 11) is 0. The average molecular weight is 348 g/mol. The van der Waals surface area contributed by atoms with Crippen molar-refractivity contribution in [3.8, 4) is 0 Å². The molecule has 0 saturated carbocycles. The van der Waals surface area contributed by atoms with Crippen molar-refractivity contribution in [3.05, 3.63) is 0 Å². The molecule has 22 heavy (non-hydrogen) atoms. The largest absolute Gasteiger partial charge is 0.481 e. The molecular formula is C10H22Na2O10. The Kier molecular flexibility index (Phi) is 83.8. The molecule has 10 nitrogen and oxygen atoms in total. The van der Waals surface area contributed by atoms with Crippen molar-refractivity contribution in [1.29, 1.82) is 0 Å². The third-order valence-corrected chi connectivity index (χ3v) is 0.1000. The van der Waals surface area contributed by atoms with Crippen LogP contribution in [0.15, 0.2) is 0 Å². The molecular weight excluding hydrogens is 326 g/mol. The van der Waals surface area contributed by atoms with Crippen molar-refractivity contribution in [1.82, 2.24) is 0 Å². The van der Waals surface area contributed by atoms with Crippen molar-refractivity contribution in [2.24, 2.45) is 0 Å². The normalized spacial score (nSPS) is 5.91. The second kappa shape index (κ2) is 42.8. The summed E-state index contributed by atoms with van der Waals surface area (Å²) in [4.78, 5) is 36.0. The van der Waals surface area contributed by atoms with Crippen LogP contribution >= 0.6 is 0 Å². The standard InChI is InChI=1S/4C2H4O2.C2H6O2.2Na/c4*1-2(3)4;3-1-2-4;;/h4*1H3,(H,3,4);3-4H,1-2H2;;. The second-order valence-corrected chi connectivity index (χ2v) is 2.52. The van der Waals surface area contributed by atoms with Crippen molar-refractivity contribution in [3.63, 3.8) is 0 Å². The zero-order valence-corrected chi connectivity index (χ0v) is 17.7. The number of carboxylic acids is 4. The summed E-state index contributed by atoms with van der Waals surface area (Å²) in [5.74, 6) is -3.33. The molecule has 0 rings (SSSR count). The molecule has 0 atom stereocenters.